The van der Waals surface area contributed by atoms with Crippen molar-refractivity contribution >= 4 is 17.7 Å². The van der Waals surface area contributed by atoms with Gasteiger partial charge in [-0.1, -0.05) is 35.5 Å². The normalized spacial score (nSPS) is 10.6. The molecule has 0 aliphatic rings. The van der Waals surface area contributed by atoms with Gasteiger partial charge in [-0.25, -0.2) is 14.0 Å². The van der Waals surface area contributed by atoms with Crippen LogP contribution in [-0.4, -0.2) is 28.9 Å². The number of aromatic nitrogens is 1. The van der Waals surface area contributed by atoms with Gasteiger partial charge in [0.15, 0.2) is 5.76 Å². The Morgan fingerprint density at radius 3 is 2.44 bits per heavy atom. The van der Waals surface area contributed by atoms with Crippen molar-refractivity contribution in [3.63, 3.8) is 0 Å². The number of benzene rings is 3. The molecular weight excluding hydrogens is 467 g/mol. The third-order valence-electron chi connectivity index (χ3n) is 5.38. The summed E-state index contributed by atoms with van der Waals surface area (Å²) in [5.41, 5.74) is 3.01. The second kappa shape index (κ2) is 11.2. The summed E-state index contributed by atoms with van der Waals surface area (Å²) in [5, 5.41) is 15.6. The van der Waals surface area contributed by atoms with Gasteiger partial charge in [-0.3, -0.25) is 5.32 Å². The van der Waals surface area contributed by atoms with Crippen molar-refractivity contribution < 1.29 is 33.1 Å². The Morgan fingerprint density at radius 2 is 1.75 bits per heavy atom. The largest absolute Gasteiger partial charge is 0.489 e. The lowest BCUT2D eigenvalue weighted by Crippen LogP contribution is -2.16. The molecule has 0 aliphatic heterocycles. The standard InChI is InChI=1S/C27H23FN2O6/c1-17-24(29-27(33)34-15-14-19-4-2-3-5-23(19)28)25(36-30-17)20-10-12-22(13-11-20)35-16-18-6-8-21(9-7-18)26(31)32/h2-13H,14-16H2,1H3,(H,29,33)(H,31,32). The molecule has 0 saturated heterocycles. The van der Waals surface area contributed by atoms with Gasteiger partial charge in [0, 0.05) is 12.0 Å². The number of carbonyl (C=O) groups is 2. The van der Waals surface area contributed by atoms with E-state index in [9.17, 15) is 14.0 Å². The second-order valence-electron chi connectivity index (χ2n) is 7.89. The van der Waals surface area contributed by atoms with Gasteiger partial charge in [-0.2, -0.15) is 0 Å². The number of carboxylic acids is 1. The summed E-state index contributed by atoms with van der Waals surface area (Å²) in [6.07, 6.45) is -0.450. The first-order chi connectivity index (χ1) is 17.4. The molecule has 3 aromatic carbocycles. The zero-order chi connectivity index (χ0) is 25.5. The highest BCUT2D eigenvalue weighted by Crippen LogP contribution is 2.32. The van der Waals surface area contributed by atoms with Crippen molar-refractivity contribution in [1.29, 1.82) is 0 Å². The van der Waals surface area contributed by atoms with Crippen molar-refractivity contribution in [2.75, 3.05) is 11.9 Å². The predicted molar refractivity (Wildman–Crippen MR) is 129 cm³/mol. The number of nitrogens with one attached hydrogen (secondary N) is 1. The lowest BCUT2D eigenvalue weighted by Gasteiger charge is -2.09. The van der Waals surface area contributed by atoms with E-state index in [-0.39, 0.29) is 31.0 Å². The number of aryl methyl sites for hydroxylation is 1. The van der Waals surface area contributed by atoms with E-state index in [2.05, 4.69) is 10.5 Å². The summed E-state index contributed by atoms with van der Waals surface area (Å²) in [4.78, 5) is 23.3. The van der Waals surface area contributed by atoms with E-state index < -0.39 is 12.1 Å². The molecule has 0 bridgehead atoms. The van der Waals surface area contributed by atoms with Crippen LogP contribution in [0.1, 0.15) is 27.2 Å². The SMILES string of the molecule is Cc1noc(-c2ccc(OCc3ccc(C(=O)O)cc3)cc2)c1NC(=O)OCCc1ccccc1F. The molecule has 2 N–H and O–H groups in total. The fraction of sp³-hybridized carbons (Fsp3) is 0.148. The Hall–Kier alpha value is -4.66. The minimum atomic E-state index is -0.981. The van der Waals surface area contributed by atoms with Gasteiger partial charge in [0.05, 0.1) is 12.2 Å². The first-order valence-electron chi connectivity index (χ1n) is 11.1. The minimum Gasteiger partial charge on any atom is -0.489 e. The zero-order valence-electron chi connectivity index (χ0n) is 19.4. The fourth-order valence-electron chi connectivity index (χ4n) is 3.42. The molecule has 0 unspecified atom stereocenters. The molecule has 0 saturated carbocycles. The van der Waals surface area contributed by atoms with Crippen LogP contribution in [0.15, 0.2) is 77.3 Å². The maximum absolute atomic E-state index is 13.7. The summed E-state index contributed by atoms with van der Waals surface area (Å²) in [5.74, 6) is -0.374. The number of nitrogens with zero attached hydrogens (tertiary/aromatic N) is 1. The zero-order valence-corrected chi connectivity index (χ0v) is 19.4. The summed E-state index contributed by atoms with van der Waals surface area (Å²) >= 11 is 0. The number of hydrogen-bond acceptors (Lipinski definition) is 6. The van der Waals surface area contributed by atoms with Crippen LogP contribution in [0.4, 0.5) is 14.9 Å². The van der Waals surface area contributed by atoms with Crippen LogP contribution >= 0.6 is 0 Å². The van der Waals surface area contributed by atoms with Gasteiger partial charge in [0.25, 0.3) is 0 Å². The summed E-state index contributed by atoms with van der Waals surface area (Å²) in [6.45, 7) is 1.97. The van der Waals surface area contributed by atoms with Gasteiger partial charge >= 0.3 is 12.1 Å². The molecule has 0 fully saturated rings. The molecule has 184 valence electrons. The Morgan fingerprint density at radius 1 is 1.03 bits per heavy atom. The topological polar surface area (TPSA) is 111 Å². The van der Waals surface area contributed by atoms with Crippen LogP contribution < -0.4 is 10.1 Å². The monoisotopic (exact) mass is 490 g/mol. The molecule has 1 aromatic heterocycles. The summed E-state index contributed by atoms with van der Waals surface area (Å²) in [7, 11) is 0. The summed E-state index contributed by atoms with van der Waals surface area (Å²) in [6, 6.07) is 19.8. The third-order valence-corrected chi connectivity index (χ3v) is 5.38. The maximum Gasteiger partial charge on any atom is 0.411 e. The quantitative estimate of drug-likeness (QED) is 0.302. The third kappa shape index (κ3) is 6.06. The lowest BCUT2D eigenvalue weighted by atomic mass is 10.1. The Kier molecular flexibility index (Phi) is 7.60. The minimum absolute atomic E-state index is 0.0114. The molecule has 1 amide bonds. The van der Waals surface area contributed by atoms with Gasteiger partial charge in [-0.15, -0.1) is 0 Å². The Labute approximate surface area is 206 Å². The number of aromatic carboxylic acids is 1. The van der Waals surface area contributed by atoms with Crippen molar-refractivity contribution in [2.24, 2.45) is 0 Å². The van der Waals surface area contributed by atoms with Gasteiger partial charge in [-0.05, 0) is 60.5 Å². The van der Waals surface area contributed by atoms with Crippen LogP contribution in [0.3, 0.4) is 0 Å². The number of hydrogen-bond donors (Lipinski definition) is 2. The van der Waals surface area contributed by atoms with E-state index in [1.807, 2.05) is 0 Å². The first-order valence-corrected chi connectivity index (χ1v) is 11.1. The molecule has 8 nitrogen and oxygen atoms in total. The van der Waals surface area contributed by atoms with Crippen molar-refractivity contribution in [3.05, 3.63) is 101 Å². The van der Waals surface area contributed by atoms with E-state index in [0.29, 0.717) is 34.0 Å². The van der Waals surface area contributed by atoms with Crippen LogP contribution in [0, 0.1) is 12.7 Å². The first kappa shape index (κ1) is 24.5. The number of rotatable bonds is 9. The molecule has 4 aromatic rings. The predicted octanol–water partition coefficient (Wildman–Crippen LogP) is 5.86. The van der Waals surface area contributed by atoms with Crippen LogP contribution in [-0.2, 0) is 17.8 Å². The van der Waals surface area contributed by atoms with Crippen LogP contribution in [0.5, 0.6) is 5.75 Å². The number of halogens is 1. The number of anilines is 1. The average Bonchev–Trinajstić information content (AvgIpc) is 3.24. The molecule has 0 aliphatic carbocycles. The van der Waals surface area contributed by atoms with Crippen molar-refractivity contribution in [1.82, 2.24) is 5.16 Å². The average molecular weight is 490 g/mol. The summed E-state index contributed by atoms with van der Waals surface area (Å²) < 4.78 is 30.1. The number of carbonyl (C=O) groups excluding carboxylic acids is 1. The van der Waals surface area contributed by atoms with Gasteiger partial charge in [0.2, 0.25) is 0 Å². The molecule has 36 heavy (non-hydrogen) atoms. The second-order valence-corrected chi connectivity index (χ2v) is 7.89. The molecule has 4 rings (SSSR count). The Balaban J connectivity index is 1.34. The number of carboxylic acid groups (broad SMARTS) is 1. The molecule has 1 heterocycles. The smallest absolute Gasteiger partial charge is 0.411 e. The highest BCUT2D eigenvalue weighted by atomic mass is 19.1. The van der Waals surface area contributed by atoms with Crippen molar-refractivity contribution in [3.8, 4) is 17.1 Å². The Bertz CT molecular complexity index is 1350. The van der Waals surface area contributed by atoms with Crippen LogP contribution in [0.25, 0.3) is 11.3 Å². The maximum atomic E-state index is 13.7. The van der Waals surface area contributed by atoms with E-state index in [0.717, 1.165) is 5.56 Å². The molecule has 9 heteroatoms. The van der Waals surface area contributed by atoms with E-state index in [1.165, 1.54) is 18.2 Å². The van der Waals surface area contributed by atoms with Crippen LogP contribution in [0.2, 0.25) is 0 Å². The van der Waals surface area contributed by atoms with E-state index >= 15 is 0 Å². The number of amides is 1. The fourth-order valence-corrected chi connectivity index (χ4v) is 3.42. The van der Waals surface area contributed by atoms with E-state index in [1.54, 1.807) is 61.5 Å². The van der Waals surface area contributed by atoms with Gasteiger partial charge in [0.1, 0.15) is 29.6 Å². The van der Waals surface area contributed by atoms with Gasteiger partial charge < -0.3 is 19.1 Å². The molecule has 0 atom stereocenters. The molecule has 0 spiro atoms. The van der Waals surface area contributed by atoms with E-state index in [4.69, 9.17) is 19.1 Å². The molecule has 0 radical (unpaired) electrons. The lowest BCUT2D eigenvalue weighted by molar-refractivity contribution is 0.0696. The van der Waals surface area contributed by atoms with Crippen molar-refractivity contribution in [2.45, 2.75) is 20.0 Å². The highest BCUT2D eigenvalue weighted by Gasteiger charge is 2.18. The highest BCUT2D eigenvalue weighted by molar-refractivity contribution is 5.90. The number of ether oxygens (including phenoxy) is 2. The molecular formula is C27H23FN2O6.